The van der Waals surface area contributed by atoms with Gasteiger partial charge in [0.1, 0.15) is 5.75 Å². The highest BCUT2D eigenvalue weighted by Crippen LogP contribution is 2.25. The summed E-state index contributed by atoms with van der Waals surface area (Å²) in [5, 5.41) is 15.9. The van der Waals surface area contributed by atoms with Crippen LogP contribution in [0.4, 0.5) is 5.95 Å². The van der Waals surface area contributed by atoms with E-state index in [0.717, 1.165) is 10.8 Å². The molecular weight excluding hydrogens is 280 g/mol. The molecule has 2 aromatic carbocycles. The Balaban J connectivity index is 1.92. The van der Waals surface area contributed by atoms with Gasteiger partial charge in [-0.25, -0.2) is 10.4 Å². The van der Waals surface area contributed by atoms with Crippen LogP contribution in [0.15, 0.2) is 52.4 Å². The number of hydrazone groups is 1. The molecule has 110 valence electrons. The highest BCUT2D eigenvalue weighted by Gasteiger charge is 2.04. The molecule has 1 heterocycles. The first kappa shape index (κ1) is 13.8. The van der Waals surface area contributed by atoms with E-state index in [0.29, 0.717) is 11.3 Å². The van der Waals surface area contributed by atoms with Crippen molar-refractivity contribution < 1.29 is 5.11 Å². The first-order chi connectivity index (χ1) is 10.6. The first-order valence-electron chi connectivity index (χ1n) is 6.71. The van der Waals surface area contributed by atoms with Crippen molar-refractivity contribution in [1.29, 1.82) is 0 Å². The van der Waals surface area contributed by atoms with E-state index in [2.05, 4.69) is 20.5 Å². The molecule has 0 aliphatic carbocycles. The Labute approximate surface area is 126 Å². The van der Waals surface area contributed by atoms with Crippen LogP contribution in [0.5, 0.6) is 5.75 Å². The summed E-state index contributed by atoms with van der Waals surface area (Å²) in [5.74, 6) is 0.385. The van der Waals surface area contributed by atoms with E-state index in [1.165, 1.54) is 12.3 Å². The molecule has 22 heavy (non-hydrogen) atoms. The van der Waals surface area contributed by atoms with E-state index in [1.54, 1.807) is 13.0 Å². The average molecular weight is 294 g/mol. The minimum absolute atomic E-state index is 0.134. The van der Waals surface area contributed by atoms with Crippen molar-refractivity contribution in [2.45, 2.75) is 6.92 Å². The standard InChI is InChI=1S/C16H14N4O2/c1-10-8-15(22)19-16(18-10)20-17-9-13-12-5-3-2-4-11(12)6-7-14(13)21/h2-9,21H,1H3,(H2,18,19,20,22). The maximum Gasteiger partial charge on any atom is 0.252 e. The number of phenolic OH excluding ortho intramolecular Hbond substituents is 1. The van der Waals surface area contributed by atoms with Crippen molar-refractivity contribution in [1.82, 2.24) is 9.97 Å². The molecular formula is C16H14N4O2. The van der Waals surface area contributed by atoms with Crippen LogP contribution in [0.2, 0.25) is 0 Å². The third-order valence-electron chi connectivity index (χ3n) is 3.18. The van der Waals surface area contributed by atoms with Crippen molar-refractivity contribution in [3.05, 3.63) is 64.1 Å². The van der Waals surface area contributed by atoms with Gasteiger partial charge in [0.05, 0.1) is 6.21 Å². The van der Waals surface area contributed by atoms with Crippen molar-refractivity contribution in [2.75, 3.05) is 5.43 Å². The first-order valence-corrected chi connectivity index (χ1v) is 6.71. The average Bonchev–Trinajstić information content (AvgIpc) is 2.48. The number of nitrogens with zero attached hydrogens (tertiary/aromatic N) is 2. The Morgan fingerprint density at radius 3 is 2.91 bits per heavy atom. The molecule has 0 amide bonds. The van der Waals surface area contributed by atoms with Crippen molar-refractivity contribution >= 4 is 22.9 Å². The van der Waals surface area contributed by atoms with Gasteiger partial charge in [0.2, 0.25) is 5.95 Å². The topological polar surface area (TPSA) is 90.4 Å². The predicted octanol–water partition coefficient (Wildman–Crippen LogP) is 2.38. The third kappa shape index (κ3) is 2.80. The number of nitrogens with one attached hydrogen (secondary N) is 2. The number of benzene rings is 2. The molecule has 0 saturated heterocycles. The fourth-order valence-electron chi connectivity index (χ4n) is 2.21. The SMILES string of the molecule is Cc1cc(=O)[nH]c(NN=Cc2c(O)ccc3ccccc23)n1. The third-order valence-corrected chi connectivity index (χ3v) is 3.18. The molecule has 3 rings (SSSR count). The molecule has 0 bridgehead atoms. The van der Waals surface area contributed by atoms with Crippen LogP contribution >= 0.6 is 0 Å². The van der Waals surface area contributed by atoms with Gasteiger partial charge in [-0.05, 0) is 23.8 Å². The molecule has 0 spiro atoms. The fourth-order valence-corrected chi connectivity index (χ4v) is 2.21. The van der Waals surface area contributed by atoms with E-state index in [9.17, 15) is 9.90 Å². The largest absolute Gasteiger partial charge is 0.507 e. The van der Waals surface area contributed by atoms with Crippen LogP contribution in [-0.4, -0.2) is 21.3 Å². The van der Waals surface area contributed by atoms with Gasteiger partial charge in [0.25, 0.3) is 5.56 Å². The summed E-state index contributed by atoms with van der Waals surface area (Å²) in [7, 11) is 0. The number of aromatic nitrogens is 2. The number of phenols is 1. The monoisotopic (exact) mass is 294 g/mol. The Hall–Kier alpha value is -3.15. The summed E-state index contributed by atoms with van der Waals surface area (Å²) in [4.78, 5) is 18.0. The van der Waals surface area contributed by atoms with Crippen LogP contribution < -0.4 is 11.0 Å². The van der Waals surface area contributed by atoms with Crippen LogP contribution in [0.3, 0.4) is 0 Å². The molecule has 6 heteroatoms. The highest BCUT2D eigenvalue weighted by atomic mass is 16.3. The molecule has 0 aliphatic rings. The van der Waals surface area contributed by atoms with E-state index < -0.39 is 0 Å². The molecule has 0 fully saturated rings. The number of aryl methyl sites for hydroxylation is 1. The number of H-pyrrole nitrogens is 1. The number of hydrogen-bond acceptors (Lipinski definition) is 5. The number of aromatic amines is 1. The molecule has 0 radical (unpaired) electrons. The second-order valence-corrected chi connectivity index (χ2v) is 4.82. The second kappa shape index (κ2) is 5.69. The lowest BCUT2D eigenvalue weighted by Gasteiger charge is -2.05. The van der Waals surface area contributed by atoms with Crippen LogP contribution in [-0.2, 0) is 0 Å². The van der Waals surface area contributed by atoms with Crippen LogP contribution in [0, 0.1) is 6.92 Å². The zero-order valence-corrected chi connectivity index (χ0v) is 11.9. The zero-order chi connectivity index (χ0) is 15.5. The van der Waals surface area contributed by atoms with Gasteiger partial charge in [-0.2, -0.15) is 5.10 Å². The van der Waals surface area contributed by atoms with Gasteiger partial charge < -0.3 is 5.11 Å². The molecule has 1 aromatic heterocycles. The van der Waals surface area contributed by atoms with E-state index in [4.69, 9.17) is 0 Å². The van der Waals surface area contributed by atoms with Gasteiger partial charge in [-0.3, -0.25) is 9.78 Å². The van der Waals surface area contributed by atoms with Gasteiger partial charge in [0.15, 0.2) is 0 Å². The van der Waals surface area contributed by atoms with Gasteiger partial charge in [-0.1, -0.05) is 30.3 Å². The summed E-state index contributed by atoms with van der Waals surface area (Å²) in [6.45, 7) is 1.72. The molecule has 0 aliphatic heterocycles. The lowest BCUT2D eigenvalue weighted by atomic mass is 10.0. The highest BCUT2D eigenvalue weighted by molar-refractivity contribution is 6.02. The van der Waals surface area contributed by atoms with E-state index in [1.807, 2.05) is 30.3 Å². The van der Waals surface area contributed by atoms with E-state index in [-0.39, 0.29) is 17.3 Å². The molecule has 3 aromatic rings. The maximum atomic E-state index is 11.3. The molecule has 0 saturated carbocycles. The van der Waals surface area contributed by atoms with E-state index >= 15 is 0 Å². The fraction of sp³-hybridized carbons (Fsp3) is 0.0625. The summed E-state index contributed by atoms with van der Waals surface area (Å²) >= 11 is 0. The van der Waals surface area contributed by atoms with Crippen molar-refractivity contribution in [3.63, 3.8) is 0 Å². The van der Waals surface area contributed by atoms with Crippen molar-refractivity contribution in [2.24, 2.45) is 5.10 Å². The second-order valence-electron chi connectivity index (χ2n) is 4.82. The number of fused-ring (bicyclic) bond motifs is 1. The quantitative estimate of drug-likeness (QED) is 0.511. The minimum atomic E-state index is -0.252. The number of rotatable bonds is 3. The maximum absolute atomic E-state index is 11.3. The summed E-state index contributed by atoms with van der Waals surface area (Å²) < 4.78 is 0. The summed E-state index contributed by atoms with van der Waals surface area (Å²) in [5.41, 5.74) is 3.60. The molecule has 3 N–H and O–H groups in total. The predicted molar refractivity (Wildman–Crippen MR) is 86.4 cm³/mol. The number of aromatic hydroxyl groups is 1. The van der Waals surface area contributed by atoms with Crippen LogP contribution in [0.25, 0.3) is 10.8 Å². The molecule has 0 atom stereocenters. The molecule has 0 unspecified atom stereocenters. The lowest BCUT2D eigenvalue weighted by Crippen LogP contribution is -2.10. The van der Waals surface area contributed by atoms with Gasteiger partial charge in [-0.15, -0.1) is 0 Å². The van der Waals surface area contributed by atoms with Crippen molar-refractivity contribution in [3.8, 4) is 5.75 Å². The Bertz CT molecular complexity index is 915. The normalized spacial score (nSPS) is 11.1. The zero-order valence-electron chi connectivity index (χ0n) is 11.9. The number of anilines is 1. The Morgan fingerprint density at radius 1 is 1.27 bits per heavy atom. The lowest BCUT2D eigenvalue weighted by molar-refractivity contribution is 0.475. The smallest absolute Gasteiger partial charge is 0.252 e. The number of hydrogen-bond donors (Lipinski definition) is 3. The summed E-state index contributed by atoms with van der Waals surface area (Å²) in [6, 6.07) is 12.5. The minimum Gasteiger partial charge on any atom is -0.507 e. The van der Waals surface area contributed by atoms with Crippen LogP contribution in [0.1, 0.15) is 11.3 Å². The summed E-state index contributed by atoms with van der Waals surface area (Å²) in [6.07, 6.45) is 1.50. The Kier molecular flexibility index (Phi) is 3.57. The van der Waals surface area contributed by atoms with Gasteiger partial charge >= 0.3 is 0 Å². The van der Waals surface area contributed by atoms with Gasteiger partial charge in [0, 0.05) is 17.3 Å². The Morgan fingerprint density at radius 2 is 2.09 bits per heavy atom. The molecule has 6 nitrogen and oxygen atoms in total.